The molecule has 1 amide bonds. The zero-order valence-corrected chi connectivity index (χ0v) is 17.3. The summed E-state index contributed by atoms with van der Waals surface area (Å²) in [4.78, 5) is 14.2. The molecule has 4 nitrogen and oxygen atoms in total. The first-order chi connectivity index (χ1) is 13.8. The molecule has 0 bridgehead atoms. The predicted octanol–water partition coefficient (Wildman–Crippen LogP) is 4.20. The third kappa shape index (κ3) is 7.22. The molecule has 6 heteroatoms. The molecule has 0 aliphatic rings. The summed E-state index contributed by atoms with van der Waals surface area (Å²) in [7, 11) is 1.99. The smallest absolute Gasteiger partial charge is 0.246 e. The van der Waals surface area contributed by atoms with Gasteiger partial charge in [0.25, 0.3) is 0 Å². The normalized spacial score (nSPS) is 12.2. The number of aryl methyl sites for hydroxylation is 3. The molecular formula is C23H30F2N2O2. The van der Waals surface area contributed by atoms with Crippen LogP contribution in [0.1, 0.15) is 35.1 Å². The van der Waals surface area contributed by atoms with Gasteiger partial charge in [0.15, 0.2) is 0 Å². The Hall–Kier alpha value is -2.31. The molecule has 2 rings (SSSR count). The highest BCUT2D eigenvalue weighted by molar-refractivity contribution is 5.77. The Labute approximate surface area is 171 Å². The van der Waals surface area contributed by atoms with Crippen LogP contribution < -0.4 is 5.48 Å². The van der Waals surface area contributed by atoms with Crippen molar-refractivity contribution >= 4 is 5.91 Å². The summed E-state index contributed by atoms with van der Waals surface area (Å²) in [6, 6.07) is 10.0. The molecule has 0 aromatic heterocycles. The second kappa shape index (κ2) is 11.0. The molecule has 2 aromatic carbocycles. The van der Waals surface area contributed by atoms with Crippen LogP contribution in [0.25, 0.3) is 0 Å². The summed E-state index contributed by atoms with van der Waals surface area (Å²) in [5.74, 6) is -1.28. The van der Waals surface area contributed by atoms with E-state index in [1.54, 1.807) is 43.6 Å². The first-order valence-electron chi connectivity index (χ1n) is 9.92. The molecule has 0 saturated carbocycles. The monoisotopic (exact) mass is 404 g/mol. The fourth-order valence-electron chi connectivity index (χ4n) is 3.55. The first-order valence-corrected chi connectivity index (χ1v) is 9.92. The fourth-order valence-corrected chi connectivity index (χ4v) is 3.55. The van der Waals surface area contributed by atoms with Crippen molar-refractivity contribution in [3.8, 4) is 0 Å². The third-order valence-corrected chi connectivity index (χ3v) is 5.24. The van der Waals surface area contributed by atoms with Crippen LogP contribution in [0.15, 0.2) is 36.4 Å². The average molecular weight is 405 g/mol. The Bertz CT molecular complexity index is 786. The van der Waals surface area contributed by atoms with E-state index in [1.165, 1.54) is 12.1 Å². The van der Waals surface area contributed by atoms with Gasteiger partial charge in [-0.05, 0) is 94.1 Å². The number of hydroxylamine groups is 1. The minimum absolute atomic E-state index is 0.224. The van der Waals surface area contributed by atoms with Crippen molar-refractivity contribution < 1.29 is 18.8 Å². The Morgan fingerprint density at radius 3 is 2.28 bits per heavy atom. The van der Waals surface area contributed by atoms with Gasteiger partial charge >= 0.3 is 0 Å². The molecule has 158 valence electrons. The van der Waals surface area contributed by atoms with Gasteiger partial charge in [-0.15, -0.1) is 0 Å². The van der Waals surface area contributed by atoms with E-state index in [1.807, 2.05) is 7.05 Å². The molecule has 0 aliphatic heterocycles. The largest absolute Gasteiger partial charge is 0.306 e. The highest BCUT2D eigenvalue weighted by Crippen LogP contribution is 2.19. The van der Waals surface area contributed by atoms with Crippen molar-refractivity contribution in [3.05, 3.63) is 70.3 Å². The van der Waals surface area contributed by atoms with Gasteiger partial charge in [0.2, 0.25) is 5.91 Å². The molecule has 0 radical (unpaired) electrons. The van der Waals surface area contributed by atoms with Crippen LogP contribution in [0, 0.1) is 31.4 Å². The van der Waals surface area contributed by atoms with Gasteiger partial charge in [0.1, 0.15) is 11.6 Å². The molecule has 0 heterocycles. The Morgan fingerprint density at radius 2 is 1.69 bits per heavy atom. The maximum absolute atomic E-state index is 13.8. The van der Waals surface area contributed by atoms with Gasteiger partial charge in [-0.3, -0.25) is 10.0 Å². The molecule has 2 N–H and O–H groups in total. The van der Waals surface area contributed by atoms with Crippen LogP contribution in [0.2, 0.25) is 0 Å². The van der Waals surface area contributed by atoms with Crippen molar-refractivity contribution in [3.63, 3.8) is 0 Å². The quantitative estimate of drug-likeness (QED) is 0.461. The third-order valence-electron chi connectivity index (χ3n) is 5.24. The highest BCUT2D eigenvalue weighted by atomic mass is 19.1. The fraction of sp³-hybridized carbons (Fsp3) is 0.435. The number of nitrogens with zero attached hydrogens (tertiary/aromatic N) is 1. The number of hydrogen-bond acceptors (Lipinski definition) is 3. The molecule has 2 aromatic rings. The van der Waals surface area contributed by atoms with Crippen molar-refractivity contribution in [2.75, 3.05) is 20.1 Å². The van der Waals surface area contributed by atoms with Gasteiger partial charge in [-0.25, -0.2) is 14.3 Å². The van der Waals surface area contributed by atoms with Crippen LogP contribution in [-0.4, -0.2) is 36.2 Å². The maximum atomic E-state index is 13.8. The van der Waals surface area contributed by atoms with Gasteiger partial charge in [0.05, 0.1) is 0 Å². The number of carbonyl (C=O) groups is 1. The molecule has 0 unspecified atom stereocenters. The first kappa shape index (κ1) is 23.0. The zero-order valence-electron chi connectivity index (χ0n) is 17.3. The van der Waals surface area contributed by atoms with Crippen LogP contribution >= 0.6 is 0 Å². The van der Waals surface area contributed by atoms with E-state index >= 15 is 0 Å². The molecule has 29 heavy (non-hydrogen) atoms. The number of nitrogens with one attached hydrogen (secondary N) is 1. The summed E-state index contributed by atoms with van der Waals surface area (Å²) in [5, 5.41) is 9.09. The lowest BCUT2D eigenvalue weighted by Crippen LogP contribution is -2.33. The molecular weight excluding hydrogens is 374 g/mol. The molecule has 0 aliphatic carbocycles. The van der Waals surface area contributed by atoms with Gasteiger partial charge in [0, 0.05) is 5.92 Å². The van der Waals surface area contributed by atoms with E-state index in [2.05, 4.69) is 4.90 Å². The average Bonchev–Trinajstić information content (AvgIpc) is 2.70. The van der Waals surface area contributed by atoms with Crippen LogP contribution in [0.4, 0.5) is 8.78 Å². The minimum Gasteiger partial charge on any atom is -0.306 e. The summed E-state index contributed by atoms with van der Waals surface area (Å²) < 4.78 is 26.8. The van der Waals surface area contributed by atoms with E-state index in [-0.39, 0.29) is 11.6 Å². The predicted molar refractivity (Wildman–Crippen MR) is 110 cm³/mol. The number of halogens is 2. The van der Waals surface area contributed by atoms with E-state index in [0.717, 1.165) is 30.5 Å². The second-order valence-electron chi connectivity index (χ2n) is 7.74. The standard InChI is InChI=1S/C23H30F2N2O2/c1-16-13-19(14-17(2)22(16)25)15-20(23(28)26-29)10-12-27(3)11-4-5-18-6-8-21(24)9-7-18/h6-9,13-14,20,29H,4-5,10-12,15H2,1-3H3,(H,26,28)/t20-/m1/s1. The lowest BCUT2D eigenvalue weighted by atomic mass is 9.93. The van der Waals surface area contributed by atoms with Gasteiger partial charge in [-0.2, -0.15) is 0 Å². The van der Waals surface area contributed by atoms with Crippen LogP contribution in [0.5, 0.6) is 0 Å². The van der Waals surface area contributed by atoms with Gasteiger partial charge < -0.3 is 4.90 Å². The van der Waals surface area contributed by atoms with Crippen molar-refractivity contribution in [2.45, 2.75) is 39.5 Å². The number of benzene rings is 2. The maximum Gasteiger partial charge on any atom is 0.246 e. The lowest BCUT2D eigenvalue weighted by Gasteiger charge is -2.21. The minimum atomic E-state index is -0.427. The van der Waals surface area contributed by atoms with Crippen molar-refractivity contribution in [1.82, 2.24) is 10.4 Å². The van der Waals surface area contributed by atoms with E-state index < -0.39 is 11.8 Å². The Balaban J connectivity index is 1.86. The molecule has 0 saturated heterocycles. The van der Waals surface area contributed by atoms with E-state index in [4.69, 9.17) is 5.21 Å². The molecule has 1 atom stereocenters. The summed E-state index contributed by atoms with van der Waals surface area (Å²) in [6.07, 6.45) is 2.81. The Kier molecular flexibility index (Phi) is 8.73. The van der Waals surface area contributed by atoms with Crippen LogP contribution in [0.3, 0.4) is 0 Å². The van der Waals surface area contributed by atoms with Gasteiger partial charge in [-0.1, -0.05) is 24.3 Å². The number of amides is 1. The van der Waals surface area contributed by atoms with Crippen molar-refractivity contribution in [2.24, 2.45) is 5.92 Å². The number of carbonyl (C=O) groups excluding carboxylic acids is 1. The lowest BCUT2D eigenvalue weighted by molar-refractivity contribution is -0.133. The summed E-state index contributed by atoms with van der Waals surface area (Å²) in [6.45, 7) is 4.96. The SMILES string of the molecule is Cc1cc(C[C@@H](CCN(C)CCCc2ccc(F)cc2)C(=O)NO)cc(C)c1F. The Morgan fingerprint density at radius 1 is 1.07 bits per heavy atom. The molecule has 0 spiro atoms. The zero-order chi connectivity index (χ0) is 21.4. The van der Waals surface area contributed by atoms with Crippen LogP contribution in [-0.2, 0) is 17.6 Å². The van der Waals surface area contributed by atoms with Crippen molar-refractivity contribution in [1.29, 1.82) is 0 Å². The topological polar surface area (TPSA) is 52.6 Å². The summed E-state index contributed by atoms with van der Waals surface area (Å²) >= 11 is 0. The van der Waals surface area contributed by atoms with E-state index in [9.17, 15) is 13.6 Å². The summed E-state index contributed by atoms with van der Waals surface area (Å²) in [5.41, 5.74) is 4.85. The number of hydrogen-bond donors (Lipinski definition) is 2. The molecule has 0 fully saturated rings. The highest BCUT2D eigenvalue weighted by Gasteiger charge is 2.20. The van der Waals surface area contributed by atoms with E-state index in [0.29, 0.717) is 30.5 Å². The number of rotatable bonds is 10. The second-order valence-corrected chi connectivity index (χ2v) is 7.74.